The van der Waals surface area contributed by atoms with E-state index in [1.165, 1.54) is 11.0 Å². The first-order chi connectivity index (χ1) is 10.1. The van der Waals surface area contributed by atoms with Gasteiger partial charge in [-0.1, -0.05) is 18.2 Å². The largest absolute Gasteiger partial charge is 0.367 e. The van der Waals surface area contributed by atoms with E-state index in [4.69, 9.17) is 4.74 Å². The molecule has 2 saturated heterocycles. The second-order valence-corrected chi connectivity index (χ2v) is 5.70. The van der Waals surface area contributed by atoms with Crippen LogP contribution in [0.1, 0.15) is 24.8 Å². The molecule has 112 valence electrons. The van der Waals surface area contributed by atoms with Crippen molar-refractivity contribution in [1.29, 1.82) is 0 Å². The number of likely N-dealkylation sites (tertiary alicyclic amines) is 1. The zero-order valence-electron chi connectivity index (χ0n) is 11.8. The molecule has 2 fully saturated rings. The number of benzene rings is 1. The molecular formula is C16H18FNO3. The minimum Gasteiger partial charge on any atom is -0.367 e. The molecule has 2 aliphatic heterocycles. The number of rotatable bonds is 2. The van der Waals surface area contributed by atoms with Gasteiger partial charge in [-0.15, -0.1) is 0 Å². The van der Waals surface area contributed by atoms with Crippen LogP contribution in [-0.4, -0.2) is 41.9 Å². The van der Waals surface area contributed by atoms with Crippen molar-refractivity contribution >= 4 is 11.7 Å². The van der Waals surface area contributed by atoms with E-state index in [0.29, 0.717) is 25.1 Å². The molecule has 4 nitrogen and oxygen atoms in total. The minimum absolute atomic E-state index is 0.00614. The molecule has 1 spiro atoms. The van der Waals surface area contributed by atoms with E-state index in [2.05, 4.69) is 0 Å². The highest BCUT2D eigenvalue weighted by atomic mass is 19.1. The molecule has 0 aromatic heterocycles. The van der Waals surface area contributed by atoms with Crippen molar-refractivity contribution in [3.8, 4) is 0 Å². The van der Waals surface area contributed by atoms with Crippen LogP contribution in [0.15, 0.2) is 24.3 Å². The summed E-state index contributed by atoms with van der Waals surface area (Å²) in [5.41, 5.74) is -0.290. The molecule has 2 aliphatic rings. The van der Waals surface area contributed by atoms with Gasteiger partial charge in [0.05, 0.1) is 13.0 Å². The third-order valence-electron chi connectivity index (χ3n) is 4.38. The van der Waals surface area contributed by atoms with Crippen LogP contribution in [0.3, 0.4) is 0 Å². The predicted molar refractivity (Wildman–Crippen MR) is 74.2 cm³/mol. The fourth-order valence-corrected chi connectivity index (χ4v) is 3.10. The van der Waals surface area contributed by atoms with Gasteiger partial charge < -0.3 is 9.64 Å². The average Bonchev–Trinajstić information content (AvgIpc) is 2.94. The molecule has 0 bridgehead atoms. The maximum atomic E-state index is 13.6. The van der Waals surface area contributed by atoms with Crippen LogP contribution in [-0.2, 0) is 20.7 Å². The molecule has 0 radical (unpaired) electrons. The fraction of sp³-hybridized carbons (Fsp3) is 0.500. The summed E-state index contributed by atoms with van der Waals surface area (Å²) in [4.78, 5) is 26.0. The highest BCUT2D eigenvalue weighted by molar-refractivity contribution is 5.94. The molecule has 2 heterocycles. The van der Waals surface area contributed by atoms with Crippen LogP contribution in [0.5, 0.6) is 0 Å². The molecule has 1 amide bonds. The number of ether oxygens (including phenoxy) is 1. The van der Waals surface area contributed by atoms with Crippen molar-refractivity contribution in [3.05, 3.63) is 35.6 Å². The van der Waals surface area contributed by atoms with E-state index < -0.39 is 5.60 Å². The molecule has 1 aromatic rings. The Balaban J connectivity index is 1.65. The monoisotopic (exact) mass is 291 g/mol. The van der Waals surface area contributed by atoms with Crippen molar-refractivity contribution in [1.82, 2.24) is 4.90 Å². The molecule has 1 aromatic carbocycles. The van der Waals surface area contributed by atoms with Crippen molar-refractivity contribution in [2.75, 3.05) is 19.7 Å². The highest BCUT2D eigenvalue weighted by Gasteiger charge is 2.46. The van der Waals surface area contributed by atoms with Crippen LogP contribution in [0.2, 0.25) is 0 Å². The van der Waals surface area contributed by atoms with E-state index in [-0.39, 0.29) is 30.5 Å². The van der Waals surface area contributed by atoms with Gasteiger partial charge >= 0.3 is 0 Å². The van der Waals surface area contributed by atoms with Crippen molar-refractivity contribution in [2.24, 2.45) is 0 Å². The number of piperidine rings is 1. The number of amides is 1. The van der Waals surface area contributed by atoms with E-state index >= 15 is 0 Å². The number of Topliss-reactive ketones (excluding diaryl/α,β-unsaturated/α-hetero) is 1. The number of carbonyl (C=O) groups excluding carboxylic acids is 2. The van der Waals surface area contributed by atoms with Crippen LogP contribution in [0.4, 0.5) is 4.39 Å². The van der Waals surface area contributed by atoms with Gasteiger partial charge in [0.25, 0.3) is 0 Å². The van der Waals surface area contributed by atoms with E-state index in [1.54, 1.807) is 18.2 Å². The summed E-state index contributed by atoms with van der Waals surface area (Å²) in [6, 6.07) is 6.23. The quantitative estimate of drug-likeness (QED) is 0.833. The maximum Gasteiger partial charge on any atom is 0.227 e. The lowest BCUT2D eigenvalue weighted by Crippen LogP contribution is -2.54. The van der Waals surface area contributed by atoms with Crippen molar-refractivity contribution in [3.63, 3.8) is 0 Å². The normalized spacial score (nSPS) is 25.6. The molecule has 0 unspecified atom stereocenters. The number of carbonyl (C=O) groups is 2. The lowest BCUT2D eigenvalue weighted by Gasteiger charge is -2.37. The second kappa shape index (κ2) is 5.56. The van der Waals surface area contributed by atoms with E-state index in [9.17, 15) is 14.0 Å². The van der Waals surface area contributed by atoms with E-state index in [1.807, 2.05) is 0 Å². The smallest absolute Gasteiger partial charge is 0.227 e. The number of hydrogen-bond acceptors (Lipinski definition) is 3. The molecule has 0 N–H and O–H groups in total. The summed E-state index contributed by atoms with van der Waals surface area (Å²) < 4.78 is 19.2. The Kier molecular flexibility index (Phi) is 3.76. The zero-order valence-corrected chi connectivity index (χ0v) is 11.8. The Morgan fingerprint density at radius 2 is 2.14 bits per heavy atom. The Morgan fingerprint density at radius 3 is 2.81 bits per heavy atom. The average molecular weight is 291 g/mol. The number of hydrogen-bond donors (Lipinski definition) is 0. The van der Waals surface area contributed by atoms with Gasteiger partial charge in [0.15, 0.2) is 5.78 Å². The highest BCUT2D eigenvalue weighted by Crippen LogP contribution is 2.33. The lowest BCUT2D eigenvalue weighted by molar-refractivity contribution is -0.152. The lowest BCUT2D eigenvalue weighted by atomic mass is 9.87. The Labute approximate surface area is 122 Å². The molecule has 0 saturated carbocycles. The first kappa shape index (κ1) is 14.2. The van der Waals surface area contributed by atoms with Crippen LogP contribution in [0, 0.1) is 5.82 Å². The van der Waals surface area contributed by atoms with Gasteiger partial charge in [0, 0.05) is 19.6 Å². The number of halogens is 1. The van der Waals surface area contributed by atoms with Crippen molar-refractivity contribution in [2.45, 2.75) is 31.3 Å². The van der Waals surface area contributed by atoms with Crippen LogP contribution < -0.4 is 0 Å². The minimum atomic E-state index is -0.658. The topological polar surface area (TPSA) is 46.6 Å². The Hall–Kier alpha value is -1.75. The summed E-state index contributed by atoms with van der Waals surface area (Å²) in [6.45, 7) is 1.20. The Bertz CT molecular complexity index is 566. The zero-order chi connectivity index (χ0) is 14.9. The molecule has 0 aliphatic carbocycles. The molecular weight excluding hydrogens is 273 g/mol. The molecule has 21 heavy (non-hydrogen) atoms. The summed E-state index contributed by atoms with van der Waals surface area (Å²) >= 11 is 0. The molecule has 3 rings (SSSR count). The third-order valence-corrected chi connectivity index (χ3v) is 4.38. The van der Waals surface area contributed by atoms with Crippen molar-refractivity contribution < 1.29 is 18.7 Å². The van der Waals surface area contributed by atoms with Gasteiger partial charge in [0.2, 0.25) is 5.91 Å². The number of ketones is 1. The summed E-state index contributed by atoms with van der Waals surface area (Å²) in [5, 5.41) is 0. The second-order valence-electron chi connectivity index (χ2n) is 5.70. The van der Waals surface area contributed by atoms with Gasteiger partial charge in [-0.3, -0.25) is 9.59 Å². The summed E-state index contributed by atoms with van der Waals surface area (Å²) in [5.74, 6) is -0.612. The molecule has 1 atom stereocenters. The predicted octanol–water partition coefficient (Wildman–Crippen LogP) is 1.72. The van der Waals surface area contributed by atoms with Gasteiger partial charge in [-0.25, -0.2) is 4.39 Å². The summed E-state index contributed by atoms with van der Waals surface area (Å²) in [7, 11) is 0. The maximum absolute atomic E-state index is 13.6. The van der Waals surface area contributed by atoms with E-state index in [0.717, 1.165) is 12.8 Å². The summed E-state index contributed by atoms with van der Waals surface area (Å²) in [6.07, 6.45) is 2.19. The first-order valence-electron chi connectivity index (χ1n) is 7.29. The van der Waals surface area contributed by atoms with Gasteiger partial charge in [-0.05, 0) is 24.5 Å². The van der Waals surface area contributed by atoms with Crippen LogP contribution >= 0.6 is 0 Å². The molecule has 5 heteroatoms. The third kappa shape index (κ3) is 2.70. The Morgan fingerprint density at radius 1 is 1.33 bits per heavy atom. The standard InChI is InChI=1S/C16H18FNO3/c17-13-5-2-1-4-12(13)10-15(20)18-8-7-16(14(19)11-18)6-3-9-21-16/h1-2,4-5H,3,6-11H2/t16-/m0/s1. The van der Waals surface area contributed by atoms with Crippen LogP contribution in [0.25, 0.3) is 0 Å². The fourth-order valence-electron chi connectivity index (χ4n) is 3.10. The first-order valence-corrected chi connectivity index (χ1v) is 7.29. The number of nitrogens with zero attached hydrogens (tertiary/aromatic N) is 1. The van der Waals surface area contributed by atoms with Gasteiger partial charge in [0.1, 0.15) is 11.4 Å². The van der Waals surface area contributed by atoms with Gasteiger partial charge in [-0.2, -0.15) is 0 Å². The SMILES string of the molecule is O=C(Cc1ccccc1F)N1CC[C@@]2(CCCO2)C(=O)C1.